The van der Waals surface area contributed by atoms with Crippen LogP contribution in [0.15, 0.2) is 0 Å². The molecule has 0 spiro atoms. The summed E-state index contributed by atoms with van der Waals surface area (Å²) in [6.07, 6.45) is 0.566. The van der Waals surface area contributed by atoms with Crippen LogP contribution in [-0.4, -0.2) is 66.8 Å². The lowest BCUT2D eigenvalue weighted by atomic mass is 10.4. The second-order valence-corrected chi connectivity index (χ2v) is 4.85. The van der Waals surface area contributed by atoms with Gasteiger partial charge < -0.3 is 16.4 Å². The molecule has 0 radical (unpaired) electrons. The molecule has 1 atom stereocenters. The van der Waals surface area contributed by atoms with Crippen molar-refractivity contribution in [2.24, 2.45) is 11.5 Å². The zero-order chi connectivity index (χ0) is 12.0. The van der Waals surface area contributed by atoms with Crippen molar-refractivity contribution < 1.29 is 4.79 Å². The highest BCUT2D eigenvalue weighted by Crippen LogP contribution is 2.15. The number of nitrogens with two attached hydrogens (primary N) is 2. The number of rotatable bonds is 7. The van der Waals surface area contributed by atoms with Gasteiger partial charge in [-0.05, 0) is 0 Å². The van der Waals surface area contributed by atoms with E-state index in [1.165, 1.54) is 0 Å². The molecule has 0 aliphatic carbocycles. The minimum absolute atomic E-state index is 0.199. The van der Waals surface area contributed by atoms with Crippen LogP contribution in [0.1, 0.15) is 6.42 Å². The SMILES string of the molecule is NCCN(CCN)CCN1CC(S)CC1=O. The van der Waals surface area contributed by atoms with Crippen molar-refractivity contribution in [2.45, 2.75) is 11.7 Å². The molecule has 1 aliphatic rings. The van der Waals surface area contributed by atoms with E-state index in [1.54, 1.807) is 0 Å². The number of carbonyl (C=O) groups is 1. The van der Waals surface area contributed by atoms with E-state index < -0.39 is 0 Å². The van der Waals surface area contributed by atoms with Crippen molar-refractivity contribution in [3.63, 3.8) is 0 Å². The molecule has 0 aromatic heterocycles. The summed E-state index contributed by atoms with van der Waals surface area (Å²) < 4.78 is 0. The normalized spacial score (nSPS) is 21.1. The first-order valence-electron chi connectivity index (χ1n) is 5.75. The fourth-order valence-electron chi connectivity index (χ4n) is 1.93. The zero-order valence-corrected chi connectivity index (χ0v) is 10.5. The van der Waals surface area contributed by atoms with Crippen molar-refractivity contribution in [1.82, 2.24) is 9.80 Å². The van der Waals surface area contributed by atoms with Crippen molar-refractivity contribution >= 4 is 18.5 Å². The Morgan fingerprint density at radius 1 is 1.31 bits per heavy atom. The van der Waals surface area contributed by atoms with Gasteiger partial charge in [-0.25, -0.2) is 0 Å². The predicted molar refractivity (Wildman–Crippen MR) is 68.5 cm³/mol. The van der Waals surface area contributed by atoms with Crippen LogP contribution < -0.4 is 11.5 Å². The van der Waals surface area contributed by atoms with E-state index in [2.05, 4.69) is 17.5 Å². The summed E-state index contributed by atoms with van der Waals surface area (Å²) >= 11 is 4.32. The summed E-state index contributed by atoms with van der Waals surface area (Å²) in [5.74, 6) is 0.209. The monoisotopic (exact) mass is 246 g/mol. The van der Waals surface area contributed by atoms with E-state index in [4.69, 9.17) is 11.5 Å². The lowest BCUT2D eigenvalue weighted by molar-refractivity contribution is -0.127. The molecule has 0 aromatic rings. The topological polar surface area (TPSA) is 75.6 Å². The van der Waals surface area contributed by atoms with Crippen molar-refractivity contribution in [1.29, 1.82) is 0 Å². The minimum atomic E-state index is 0.199. The number of nitrogens with zero attached hydrogens (tertiary/aromatic N) is 2. The van der Waals surface area contributed by atoms with Gasteiger partial charge in [0.15, 0.2) is 0 Å². The maximum absolute atomic E-state index is 11.5. The van der Waals surface area contributed by atoms with E-state index >= 15 is 0 Å². The molecule has 1 rings (SSSR count). The van der Waals surface area contributed by atoms with Gasteiger partial charge in [-0.1, -0.05) is 0 Å². The average Bonchev–Trinajstić information content (AvgIpc) is 2.54. The van der Waals surface area contributed by atoms with Crippen molar-refractivity contribution in [2.75, 3.05) is 45.8 Å². The van der Waals surface area contributed by atoms with Crippen LogP contribution in [-0.2, 0) is 4.79 Å². The second-order valence-electron chi connectivity index (χ2n) is 4.12. The molecular formula is C10H22N4OS. The van der Waals surface area contributed by atoms with Crippen LogP contribution in [0.4, 0.5) is 0 Å². The maximum atomic E-state index is 11.5. The summed E-state index contributed by atoms with van der Waals surface area (Å²) in [5.41, 5.74) is 11.0. The highest BCUT2D eigenvalue weighted by Gasteiger charge is 2.26. The molecule has 1 unspecified atom stereocenters. The number of thiol groups is 1. The number of likely N-dealkylation sites (tertiary alicyclic amines) is 1. The van der Waals surface area contributed by atoms with Gasteiger partial charge >= 0.3 is 0 Å². The Hall–Kier alpha value is -0.300. The summed E-state index contributed by atoms with van der Waals surface area (Å²) in [4.78, 5) is 15.6. The third-order valence-corrected chi connectivity index (χ3v) is 3.12. The van der Waals surface area contributed by atoms with Gasteiger partial charge in [-0.2, -0.15) is 12.6 Å². The summed E-state index contributed by atoms with van der Waals surface area (Å²) in [5, 5.41) is 0.199. The molecule has 0 aromatic carbocycles. The smallest absolute Gasteiger partial charge is 0.223 e. The standard InChI is InChI=1S/C10H22N4OS/c11-1-3-13(4-2-12)5-6-14-8-9(16)7-10(14)15/h9,16H,1-8,11-12H2. The molecule has 1 aliphatic heterocycles. The largest absolute Gasteiger partial charge is 0.340 e. The Kier molecular flexibility index (Phi) is 6.12. The van der Waals surface area contributed by atoms with Gasteiger partial charge in [-0.3, -0.25) is 9.69 Å². The Morgan fingerprint density at radius 2 is 1.94 bits per heavy atom. The Morgan fingerprint density at radius 3 is 2.38 bits per heavy atom. The fourth-order valence-corrected chi connectivity index (χ4v) is 2.28. The average molecular weight is 246 g/mol. The number of carbonyl (C=O) groups excluding carboxylic acids is 1. The van der Waals surface area contributed by atoms with Gasteiger partial charge in [0.1, 0.15) is 0 Å². The number of hydrogen-bond acceptors (Lipinski definition) is 5. The molecule has 6 heteroatoms. The minimum Gasteiger partial charge on any atom is -0.340 e. The molecule has 1 saturated heterocycles. The Labute approximate surface area is 103 Å². The Balaban J connectivity index is 2.28. The zero-order valence-electron chi connectivity index (χ0n) is 9.64. The maximum Gasteiger partial charge on any atom is 0.223 e. The third kappa shape index (κ3) is 4.29. The molecule has 1 fully saturated rings. The highest BCUT2D eigenvalue weighted by atomic mass is 32.1. The van der Waals surface area contributed by atoms with E-state index in [0.29, 0.717) is 19.5 Å². The van der Waals surface area contributed by atoms with E-state index in [-0.39, 0.29) is 11.2 Å². The van der Waals surface area contributed by atoms with Gasteiger partial charge in [0.2, 0.25) is 5.91 Å². The van der Waals surface area contributed by atoms with E-state index in [1.807, 2.05) is 4.90 Å². The Bertz CT molecular complexity index is 221. The molecular weight excluding hydrogens is 224 g/mol. The van der Waals surface area contributed by atoms with Gasteiger partial charge in [0.25, 0.3) is 0 Å². The fraction of sp³-hybridized carbons (Fsp3) is 0.900. The van der Waals surface area contributed by atoms with Gasteiger partial charge in [-0.15, -0.1) is 0 Å². The van der Waals surface area contributed by atoms with Crippen LogP contribution in [0.5, 0.6) is 0 Å². The molecule has 4 N–H and O–H groups in total. The van der Waals surface area contributed by atoms with Gasteiger partial charge in [0.05, 0.1) is 0 Å². The first-order valence-corrected chi connectivity index (χ1v) is 6.27. The first kappa shape index (κ1) is 13.8. The second kappa shape index (κ2) is 7.11. The lowest BCUT2D eigenvalue weighted by Gasteiger charge is -2.24. The molecule has 5 nitrogen and oxygen atoms in total. The summed E-state index contributed by atoms with van der Waals surface area (Å²) in [7, 11) is 0. The molecule has 94 valence electrons. The molecule has 16 heavy (non-hydrogen) atoms. The summed E-state index contributed by atoms with van der Waals surface area (Å²) in [6, 6.07) is 0. The summed E-state index contributed by atoms with van der Waals surface area (Å²) in [6.45, 7) is 5.30. The van der Waals surface area contributed by atoms with Gasteiger partial charge in [0, 0.05) is 57.5 Å². The van der Waals surface area contributed by atoms with Crippen LogP contribution in [0, 0.1) is 0 Å². The predicted octanol–water partition coefficient (Wildman–Crippen LogP) is -1.26. The van der Waals surface area contributed by atoms with E-state index in [9.17, 15) is 4.79 Å². The first-order chi connectivity index (χ1) is 7.67. The number of hydrogen-bond donors (Lipinski definition) is 3. The molecule has 1 heterocycles. The van der Waals surface area contributed by atoms with Crippen molar-refractivity contribution in [3.8, 4) is 0 Å². The van der Waals surface area contributed by atoms with Crippen LogP contribution >= 0.6 is 12.6 Å². The van der Waals surface area contributed by atoms with E-state index in [0.717, 1.165) is 32.7 Å². The van der Waals surface area contributed by atoms with Crippen LogP contribution in [0.3, 0.4) is 0 Å². The number of amides is 1. The van der Waals surface area contributed by atoms with Crippen LogP contribution in [0.25, 0.3) is 0 Å². The van der Waals surface area contributed by atoms with Crippen LogP contribution in [0.2, 0.25) is 0 Å². The van der Waals surface area contributed by atoms with Crippen molar-refractivity contribution in [3.05, 3.63) is 0 Å². The molecule has 0 bridgehead atoms. The lowest BCUT2D eigenvalue weighted by Crippen LogP contribution is -2.40. The molecule has 1 amide bonds. The highest BCUT2D eigenvalue weighted by molar-refractivity contribution is 7.81. The third-order valence-electron chi connectivity index (χ3n) is 2.77. The quantitative estimate of drug-likeness (QED) is 0.490. The molecule has 0 saturated carbocycles.